The Morgan fingerprint density at radius 1 is 1.12 bits per heavy atom. The van der Waals surface area contributed by atoms with Gasteiger partial charge in [0.25, 0.3) is 0 Å². The predicted molar refractivity (Wildman–Crippen MR) is 95.8 cm³/mol. The van der Waals surface area contributed by atoms with Gasteiger partial charge in [0.15, 0.2) is 0 Å². The molecule has 0 aliphatic heterocycles. The Hall–Kier alpha value is -2.86. The lowest BCUT2D eigenvalue weighted by molar-refractivity contribution is 0.368. The van der Waals surface area contributed by atoms with E-state index >= 15 is 0 Å². The summed E-state index contributed by atoms with van der Waals surface area (Å²) in [5.74, 6) is 2.14. The molecule has 0 aliphatic carbocycles. The molecule has 6 nitrogen and oxygen atoms in total. The highest BCUT2D eigenvalue weighted by Gasteiger charge is 2.13. The highest BCUT2D eigenvalue weighted by atomic mass is 16.5. The number of nitrogens with zero attached hydrogens (tertiary/aromatic N) is 3. The van der Waals surface area contributed by atoms with Crippen LogP contribution < -0.4 is 14.8 Å². The molecule has 0 amide bonds. The number of nitrogens with one attached hydrogen (secondary N) is 1. The summed E-state index contributed by atoms with van der Waals surface area (Å²) in [7, 11) is 3.54. The molecule has 1 N–H and O–H groups in total. The van der Waals surface area contributed by atoms with Crippen LogP contribution in [0.2, 0.25) is 0 Å². The second kappa shape index (κ2) is 7.81. The molecule has 0 saturated carbocycles. The third-order valence-electron chi connectivity index (χ3n) is 3.88. The maximum Gasteiger partial charge on any atom is 0.219 e. The van der Waals surface area contributed by atoms with Crippen molar-refractivity contribution in [1.82, 2.24) is 20.1 Å². The van der Waals surface area contributed by atoms with Gasteiger partial charge in [-0.2, -0.15) is 5.10 Å². The molecule has 0 aliphatic rings. The van der Waals surface area contributed by atoms with Crippen LogP contribution in [0.5, 0.6) is 17.5 Å². The zero-order valence-corrected chi connectivity index (χ0v) is 14.7. The van der Waals surface area contributed by atoms with Gasteiger partial charge in [-0.15, -0.1) is 0 Å². The minimum atomic E-state index is 0.584. The standard InChI is InChI=1S/C19H22N4O2/c1-14-17(19(24-3)23(2)22-14)13-20-12-15-9-10-21-18(11-15)25-16-7-5-4-6-8-16/h4-11,20H,12-13H2,1-3H3. The van der Waals surface area contributed by atoms with Gasteiger partial charge in [0.05, 0.1) is 18.4 Å². The number of rotatable bonds is 7. The van der Waals surface area contributed by atoms with Gasteiger partial charge in [-0.1, -0.05) is 18.2 Å². The van der Waals surface area contributed by atoms with Crippen molar-refractivity contribution in [3.8, 4) is 17.5 Å². The second-order valence-corrected chi connectivity index (χ2v) is 5.72. The SMILES string of the molecule is COc1c(CNCc2ccnc(Oc3ccccc3)c2)c(C)nn1C. The molecule has 0 atom stereocenters. The summed E-state index contributed by atoms with van der Waals surface area (Å²) in [5.41, 5.74) is 3.14. The van der Waals surface area contributed by atoms with E-state index in [-0.39, 0.29) is 0 Å². The van der Waals surface area contributed by atoms with Crippen LogP contribution >= 0.6 is 0 Å². The van der Waals surface area contributed by atoms with E-state index in [1.807, 2.05) is 56.4 Å². The Morgan fingerprint density at radius 3 is 2.68 bits per heavy atom. The van der Waals surface area contributed by atoms with Crippen molar-refractivity contribution in [3.05, 3.63) is 65.5 Å². The average molecular weight is 338 g/mol. The highest BCUT2D eigenvalue weighted by molar-refractivity contribution is 5.31. The Balaban J connectivity index is 1.61. The fourth-order valence-corrected chi connectivity index (χ4v) is 2.70. The molecule has 6 heteroatoms. The Bertz CT molecular complexity index is 831. The zero-order chi connectivity index (χ0) is 17.6. The molecule has 0 bridgehead atoms. The molecule has 0 fully saturated rings. The van der Waals surface area contributed by atoms with Crippen LogP contribution in [0.1, 0.15) is 16.8 Å². The molecule has 1 aromatic carbocycles. The van der Waals surface area contributed by atoms with Gasteiger partial charge in [-0.05, 0) is 30.7 Å². The van der Waals surface area contributed by atoms with Crippen LogP contribution in [-0.2, 0) is 20.1 Å². The number of methoxy groups -OCH3 is 1. The zero-order valence-electron chi connectivity index (χ0n) is 14.7. The topological polar surface area (TPSA) is 61.2 Å². The maximum atomic E-state index is 5.77. The minimum Gasteiger partial charge on any atom is -0.481 e. The molecule has 0 spiro atoms. The molecular formula is C19H22N4O2. The van der Waals surface area contributed by atoms with E-state index in [0.717, 1.165) is 28.5 Å². The minimum absolute atomic E-state index is 0.584. The fraction of sp³-hybridized carbons (Fsp3) is 0.263. The van der Waals surface area contributed by atoms with Crippen LogP contribution in [0.4, 0.5) is 0 Å². The quantitative estimate of drug-likeness (QED) is 0.717. The van der Waals surface area contributed by atoms with E-state index in [0.29, 0.717) is 19.0 Å². The first kappa shape index (κ1) is 17.0. The molecule has 2 heterocycles. The van der Waals surface area contributed by atoms with Crippen molar-refractivity contribution in [2.75, 3.05) is 7.11 Å². The van der Waals surface area contributed by atoms with Gasteiger partial charge >= 0.3 is 0 Å². The summed E-state index contributed by atoms with van der Waals surface area (Å²) in [6, 6.07) is 13.5. The predicted octanol–water partition coefficient (Wildman–Crippen LogP) is 3.21. The van der Waals surface area contributed by atoms with Crippen molar-refractivity contribution < 1.29 is 9.47 Å². The number of hydrogen-bond donors (Lipinski definition) is 1. The van der Waals surface area contributed by atoms with Crippen molar-refractivity contribution in [3.63, 3.8) is 0 Å². The number of hydrogen-bond acceptors (Lipinski definition) is 5. The van der Waals surface area contributed by atoms with Crippen LogP contribution in [0.25, 0.3) is 0 Å². The van der Waals surface area contributed by atoms with Gasteiger partial charge in [0.1, 0.15) is 5.75 Å². The molecule has 0 unspecified atom stereocenters. The molecule has 3 rings (SSSR count). The smallest absolute Gasteiger partial charge is 0.219 e. The van der Waals surface area contributed by atoms with E-state index < -0.39 is 0 Å². The normalized spacial score (nSPS) is 10.7. The first-order valence-corrected chi connectivity index (χ1v) is 8.12. The van der Waals surface area contributed by atoms with Crippen LogP contribution in [0, 0.1) is 6.92 Å². The van der Waals surface area contributed by atoms with E-state index in [9.17, 15) is 0 Å². The Labute approximate surface area is 147 Å². The average Bonchev–Trinajstić information content (AvgIpc) is 2.89. The molecular weight excluding hydrogens is 316 g/mol. The van der Waals surface area contributed by atoms with E-state index in [2.05, 4.69) is 15.4 Å². The molecule has 2 aromatic heterocycles. The second-order valence-electron chi connectivity index (χ2n) is 5.72. The third-order valence-corrected chi connectivity index (χ3v) is 3.88. The van der Waals surface area contributed by atoms with Crippen molar-refractivity contribution >= 4 is 0 Å². The fourth-order valence-electron chi connectivity index (χ4n) is 2.70. The van der Waals surface area contributed by atoms with Gasteiger partial charge in [-0.3, -0.25) is 0 Å². The number of para-hydroxylation sites is 1. The van der Waals surface area contributed by atoms with Crippen molar-refractivity contribution in [1.29, 1.82) is 0 Å². The van der Waals surface area contributed by atoms with Crippen molar-refractivity contribution in [2.24, 2.45) is 7.05 Å². The number of aromatic nitrogens is 3. The summed E-state index contributed by atoms with van der Waals surface area (Å²) in [6.07, 6.45) is 1.76. The lowest BCUT2D eigenvalue weighted by atomic mass is 10.2. The first-order valence-electron chi connectivity index (χ1n) is 8.12. The first-order chi connectivity index (χ1) is 12.2. The van der Waals surface area contributed by atoms with Crippen molar-refractivity contribution in [2.45, 2.75) is 20.0 Å². The summed E-state index contributed by atoms with van der Waals surface area (Å²) >= 11 is 0. The Kier molecular flexibility index (Phi) is 5.30. The largest absolute Gasteiger partial charge is 0.481 e. The van der Waals surface area contributed by atoms with E-state index in [1.165, 1.54) is 0 Å². The molecule has 130 valence electrons. The van der Waals surface area contributed by atoms with Crippen LogP contribution in [0.15, 0.2) is 48.7 Å². The summed E-state index contributed by atoms with van der Waals surface area (Å²) in [5, 5.41) is 7.81. The maximum absolute atomic E-state index is 5.77. The highest BCUT2D eigenvalue weighted by Crippen LogP contribution is 2.21. The van der Waals surface area contributed by atoms with Crippen LogP contribution in [-0.4, -0.2) is 21.9 Å². The Morgan fingerprint density at radius 2 is 1.92 bits per heavy atom. The molecule has 0 radical (unpaired) electrons. The molecule has 25 heavy (non-hydrogen) atoms. The summed E-state index contributed by atoms with van der Waals surface area (Å²) < 4.78 is 12.9. The lowest BCUT2D eigenvalue weighted by Gasteiger charge is -2.09. The summed E-state index contributed by atoms with van der Waals surface area (Å²) in [6.45, 7) is 3.36. The lowest BCUT2D eigenvalue weighted by Crippen LogP contribution is -2.14. The van der Waals surface area contributed by atoms with E-state index in [4.69, 9.17) is 9.47 Å². The monoisotopic (exact) mass is 338 g/mol. The number of pyridine rings is 1. The number of benzene rings is 1. The number of ether oxygens (including phenoxy) is 2. The van der Waals surface area contributed by atoms with Gasteiger partial charge < -0.3 is 14.8 Å². The van der Waals surface area contributed by atoms with Crippen LogP contribution in [0.3, 0.4) is 0 Å². The van der Waals surface area contributed by atoms with Gasteiger partial charge in [0.2, 0.25) is 11.8 Å². The van der Waals surface area contributed by atoms with Gasteiger partial charge in [0, 0.05) is 32.4 Å². The molecule has 3 aromatic rings. The summed E-state index contributed by atoms with van der Waals surface area (Å²) in [4.78, 5) is 4.26. The van der Waals surface area contributed by atoms with Gasteiger partial charge in [-0.25, -0.2) is 9.67 Å². The van der Waals surface area contributed by atoms with E-state index in [1.54, 1.807) is 18.0 Å². The third kappa shape index (κ3) is 4.16. The molecule has 0 saturated heterocycles. The number of aryl methyl sites for hydroxylation is 2.